The van der Waals surface area contributed by atoms with E-state index < -0.39 is 0 Å². The largest absolute Gasteiger partial charge is 0.369 e. The van der Waals surface area contributed by atoms with E-state index in [1.54, 1.807) is 12.3 Å². The zero-order valence-corrected chi connectivity index (χ0v) is 13.0. The normalized spacial score (nSPS) is 10.2. The standard InChI is InChI=1S/C12H14BrN5OS/c13-8-7-17-12(14)18-10(8)15-4-2-5-16-11(19)9-3-1-6-20-9/h1,3,6-7H,2,4-5H2,(H,16,19)(H3,14,15,17,18). The fraction of sp³-hybridized carbons (Fsp3) is 0.250. The van der Waals surface area contributed by atoms with E-state index in [-0.39, 0.29) is 11.9 Å². The Morgan fingerprint density at radius 3 is 3.05 bits per heavy atom. The lowest BCUT2D eigenvalue weighted by Crippen LogP contribution is -2.25. The summed E-state index contributed by atoms with van der Waals surface area (Å²) < 4.78 is 0.759. The van der Waals surface area contributed by atoms with Gasteiger partial charge in [0.1, 0.15) is 5.82 Å². The first-order valence-corrected chi connectivity index (χ1v) is 7.67. The first-order chi connectivity index (χ1) is 9.66. The van der Waals surface area contributed by atoms with Crippen LogP contribution >= 0.6 is 27.3 Å². The second-order valence-corrected chi connectivity index (χ2v) is 5.74. The van der Waals surface area contributed by atoms with Gasteiger partial charge in [-0.25, -0.2) is 4.98 Å². The van der Waals surface area contributed by atoms with Gasteiger partial charge in [-0.05, 0) is 33.8 Å². The molecule has 20 heavy (non-hydrogen) atoms. The van der Waals surface area contributed by atoms with Crippen molar-refractivity contribution < 1.29 is 4.79 Å². The molecule has 106 valence electrons. The van der Waals surface area contributed by atoms with Gasteiger partial charge in [-0.1, -0.05) is 6.07 Å². The highest BCUT2D eigenvalue weighted by atomic mass is 79.9. The van der Waals surface area contributed by atoms with Crippen LogP contribution in [0.5, 0.6) is 0 Å². The topological polar surface area (TPSA) is 92.9 Å². The fourth-order valence-corrected chi connectivity index (χ4v) is 2.47. The van der Waals surface area contributed by atoms with Gasteiger partial charge in [0.2, 0.25) is 5.95 Å². The summed E-state index contributed by atoms with van der Waals surface area (Å²) in [5.74, 6) is 0.844. The lowest BCUT2D eigenvalue weighted by atomic mass is 10.4. The van der Waals surface area contributed by atoms with E-state index >= 15 is 0 Å². The van der Waals surface area contributed by atoms with Crippen molar-refractivity contribution in [1.82, 2.24) is 15.3 Å². The SMILES string of the molecule is Nc1ncc(Br)c(NCCCNC(=O)c2cccs2)n1. The van der Waals surface area contributed by atoms with Crippen LogP contribution in [0.2, 0.25) is 0 Å². The maximum Gasteiger partial charge on any atom is 0.261 e. The van der Waals surface area contributed by atoms with Crippen LogP contribution in [-0.2, 0) is 0 Å². The maximum absolute atomic E-state index is 11.7. The summed E-state index contributed by atoms with van der Waals surface area (Å²) >= 11 is 4.77. The Labute approximate surface area is 128 Å². The summed E-state index contributed by atoms with van der Waals surface area (Å²) in [4.78, 5) is 20.3. The van der Waals surface area contributed by atoms with Crippen molar-refractivity contribution in [2.45, 2.75) is 6.42 Å². The van der Waals surface area contributed by atoms with Gasteiger partial charge in [0.15, 0.2) is 0 Å². The molecule has 6 nitrogen and oxygen atoms in total. The number of carbonyl (C=O) groups excluding carboxylic acids is 1. The molecule has 0 bridgehead atoms. The maximum atomic E-state index is 11.7. The average Bonchev–Trinajstić information content (AvgIpc) is 2.96. The highest BCUT2D eigenvalue weighted by molar-refractivity contribution is 9.10. The number of halogens is 1. The van der Waals surface area contributed by atoms with Gasteiger partial charge in [-0.2, -0.15) is 4.98 Å². The van der Waals surface area contributed by atoms with Crippen LogP contribution < -0.4 is 16.4 Å². The van der Waals surface area contributed by atoms with E-state index in [0.29, 0.717) is 18.9 Å². The molecule has 2 rings (SSSR count). The number of nitrogens with zero attached hydrogens (tertiary/aromatic N) is 2. The summed E-state index contributed by atoms with van der Waals surface area (Å²) in [5, 5.41) is 7.88. The minimum absolute atomic E-state index is 0.0348. The number of nitrogens with one attached hydrogen (secondary N) is 2. The lowest BCUT2D eigenvalue weighted by Gasteiger charge is -2.08. The molecule has 0 aliphatic rings. The smallest absolute Gasteiger partial charge is 0.261 e. The van der Waals surface area contributed by atoms with Crippen molar-refractivity contribution in [3.63, 3.8) is 0 Å². The molecule has 2 aromatic heterocycles. The van der Waals surface area contributed by atoms with Crippen LogP contribution in [0, 0.1) is 0 Å². The van der Waals surface area contributed by atoms with Crippen molar-refractivity contribution in [2.75, 3.05) is 24.1 Å². The van der Waals surface area contributed by atoms with Gasteiger partial charge in [0.05, 0.1) is 9.35 Å². The van der Waals surface area contributed by atoms with E-state index in [2.05, 4.69) is 36.5 Å². The number of nitrogen functional groups attached to an aromatic ring is 1. The van der Waals surface area contributed by atoms with Gasteiger partial charge in [-0.3, -0.25) is 4.79 Å². The molecule has 2 heterocycles. The lowest BCUT2D eigenvalue weighted by molar-refractivity contribution is 0.0957. The van der Waals surface area contributed by atoms with Crippen LogP contribution in [0.4, 0.5) is 11.8 Å². The molecule has 0 radical (unpaired) electrons. The highest BCUT2D eigenvalue weighted by Gasteiger charge is 2.05. The van der Waals surface area contributed by atoms with Crippen LogP contribution in [0.25, 0.3) is 0 Å². The number of amides is 1. The first kappa shape index (κ1) is 14.7. The third-order valence-electron chi connectivity index (χ3n) is 2.44. The molecule has 2 aromatic rings. The van der Waals surface area contributed by atoms with Crippen molar-refractivity contribution in [3.8, 4) is 0 Å². The zero-order chi connectivity index (χ0) is 14.4. The van der Waals surface area contributed by atoms with E-state index in [1.165, 1.54) is 11.3 Å². The summed E-state index contributed by atoms with van der Waals surface area (Å²) in [6.45, 7) is 1.28. The Hall–Kier alpha value is -1.67. The molecular weight excluding hydrogens is 342 g/mol. The van der Waals surface area contributed by atoms with E-state index in [9.17, 15) is 4.79 Å². The minimum Gasteiger partial charge on any atom is -0.369 e. The van der Waals surface area contributed by atoms with Crippen molar-refractivity contribution in [1.29, 1.82) is 0 Å². The number of aromatic nitrogens is 2. The number of anilines is 2. The van der Waals surface area contributed by atoms with E-state index in [4.69, 9.17) is 5.73 Å². The van der Waals surface area contributed by atoms with Crippen LogP contribution in [0.3, 0.4) is 0 Å². The zero-order valence-electron chi connectivity index (χ0n) is 10.6. The van der Waals surface area contributed by atoms with Gasteiger partial charge in [0.25, 0.3) is 5.91 Å². The second kappa shape index (κ2) is 7.20. The Kier molecular flexibility index (Phi) is 5.31. The number of thiophene rings is 1. The van der Waals surface area contributed by atoms with E-state index in [0.717, 1.165) is 15.8 Å². The molecule has 0 saturated heterocycles. The monoisotopic (exact) mass is 355 g/mol. The Bertz CT molecular complexity index is 575. The fourth-order valence-electron chi connectivity index (χ4n) is 1.50. The highest BCUT2D eigenvalue weighted by Crippen LogP contribution is 2.18. The number of nitrogens with two attached hydrogens (primary N) is 1. The van der Waals surface area contributed by atoms with Crippen molar-refractivity contribution >= 4 is 44.9 Å². The first-order valence-electron chi connectivity index (χ1n) is 6.00. The number of hydrogen-bond donors (Lipinski definition) is 3. The molecular formula is C12H14BrN5OS. The van der Waals surface area contributed by atoms with Gasteiger partial charge in [-0.15, -0.1) is 11.3 Å². The third kappa shape index (κ3) is 4.17. The molecule has 0 fully saturated rings. The summed E-state index contributed by atoms with van der Waals surface area (Å²) in [6.07, 6.45) is 2.39. The Balaban J connectivity index is 1.69. The van der Waals surface area contributed by atoms with E-state index in [1.807, 2.05) is 11.4 Å². The molecule has 8 heteroatoms. The molecule has 0 aromatic carbocycles. The van der Waals surface area contributed by atoms with Gasteiger partial charge < -0.3 is 16.4 Å². The number of rotatable bonds is 6. The molecule has 1 amide bonds. The van der Waals surface area contributed by atoms with Crippen LogP contribution in [-0.4, -0.2) is 29.0 Å². The Morgan fingerprint density at radius 2 is 2.30 bits per heavy atom. The summed E-state index contributed by atoms with van der Waals surface area (Å²) in [7, 11) is 0. The van der Waals surface area contributed by atoms with Crippen LogP contribution in [0.15, 0.2) is 28.2 Å². The number of carbonyl (C=O) groups is 1. The predicted molar refractivity (Wildman–Crippen MR) is 83.9 cm³/mol. The molecule has 0 spiro atoms. The molecule has 0 atom stereocenters. The van der Waals surface area contributed by atoms with Gasteiger partial charge >= 0.3 is 0 Å². The molecule has 0 aliphatic carbocycles. The second-order valence-electron chi connectivity index (χ2n) is 3.94. The Morgan fingerprint density at radius 1 is 1.45 bits per heavy atom. The molecule has 0 unspecified atom stereocenters. The molecule has 4 N–H and O–H groups in total. The van der Waals surface area contributed by atoms with Crippen LogP contribution in [0.1, 0.15) is 16.1 Å². The quantitative estimate of drug-likeness (QED) is 0.690. The predicted octanol–water partition coefficient (Wildman–Crippen LogP) is 2.11. The van der Waals surface area contributed by atoms with Gasteiger partial charge in [0, 0.05) is 19.3 Å². The summed E-state index contributed by atoms with van der Waals surface area (Å²) in [5.41, 5.74) is 5.51. The molecule has 0 aliphatic heterocycles. The molecule has 0 saturated carbocycles. The minimum atomic E-state index is -0.0348. The average molecular weight is 356 g/mol. The summed E-state index contributed by atoms with van der Waals surface area (Å²) in [6, 6.07) is 3.66. The van der Waals surface area contributed by atoms with Crippen molar-refractivity contribution in [2.24, 2.45) is 0 Å². The number of hydrogen-bond acceptors (Lipinski definition) is 6. The van der Waals surface area contributed by atoms with Crippen molar-refractivity contribution in [3.05, 3.63) is 33.1 Å². The third-order valence-corrected chi connectivity index (χ3v) is 3.89.